The van der Waals surface area contributed by atoms with Gasteiger partial charge in [0.1, 0.15) is 10.8 Å². The first kappa shape index (κ1) is 10.4. The zero-order valence-corrected chi connectivity index (χ0v) is 9.60. The highest BCUT2D eigenvalue weighted by Crippen LogP contribution is 2.44. The summed E-state index contributed by atoms with van der Waals surface area (Å²) in [6.07, 6.45) is 4.33. The van der Waals surface area contributed by atoms with Crippen molar-refractivity contribution in [1.82, 2.24) is 4.98 Å². The van der Waals surface area contributed by atoms with E-state index in [1.165, 1.54) is 12.8 Å². The van der Waals surface area contributed by atoms with Crippen molar-refractivity contribution in [3.63, 3.8) is 0 Å². The van der Waals surface area contributed by atoms with Crippen LogP contribution < -0.4 is 11.1 Å². The molecule has 1 aliphatic carbocycles. The molecule has 80 valence electrons. The minimum absolute atomic E-state index is 0.415. The maximum Gasteiger partial charge on any atom is 0.126 e. The lowest BCUT2D eigenvalue weighted by atomic mass is 10.1. The molecular formula is C11H15N3S. The molecule has 0 radical (unpaired) electrons. The van der Waals surface area contributed by atoms with Gasteiger partial charge in [0.2, 0.25) is 0 Å². The van der Waals surface area contributed by atoms with Gasteiger partial charge in [-0.1, -0.05) is 19.1 Å². The summed E-state index contributed by atoms with van der Waals surface area (Å²) in [5.74, 6) is 0.855. The van der Waals surface area contributed by atoms with Crippen molar-refractivity contribution in [1.29, 1.82) is 0 Å². The zero-order valence-electron chi connectivity index (χ0n) is 8.79. The molecule has 1 fully saturated rings. The minimum atomic E-state index is 0.415. The third-order valence-corrected chi connectivity index (χ3v) is 3.08. The van der Waals surface area contributed by atoms with Crippen LogP contribution >= 0.6 is 12.2 Å². The summed E-state index contributed by atoms with van der Waals surface area (Å²) in [4.78, 5) is 4.64. The molecule has 3 N–H and O–H groups in total. The average Bonchev–Trinajstić information content (AvgIpc) is 2.95. The highest BCUT2D eigenvalue weighted by molar-refractivity contribution is 7.80. The predicted octanol–water partition coefficient (Wildman–Crippen LogP) is 1.93. The van der Waals surface area contributed by atoms with Gasteiger partial charge in [-0.15, -0.1) is 0 Å². The van der Waals surface area contributed by atoms with Crippen molar-refractivity contribution >= 4 is 23.0 Å². The van der Waals surface area contributed by atoms with Gasteiger partial charge in [0, 0.05) is 18.3 Å². The SMILES string of the molecule is CC1(CNc2cc(C(N)=S)ccn2)CC1. The number of thiocarbonyl (C=S) groups is 1. The molecule has 0 amide bonds. The van der Waals surface area contributed by atoms with Gasteiger partial charge in [0.05, 0.1) is 0 Å². The Morgan fingerprint density at radius 1 is 1.67 bits per heavy atom. The fourth-order valence-corrected chi connectivity index (χ4v) is 1.50. The Balaban J connectivity index is 2.01. The predicted molar refractivity (Wildman–Crippen MR) is 66.0 cm³/mol. The van der Waals surface area contributed by atoms with E-state index in [4.69, 9.17) is 18.0 Å². The molecule has 1 saturated carbocycles. The van der Waals surface area contributed by atoms with Crippen LogP contribution in [0.25, 0.3) is 0 Å². The summed E-state index contributed by atoms with van der Waals surface area (Å²) >= 11 is 4.91. The summed E-state index contributed by atoms with van der Waals surface area (Å²) in [7, 11) is 0. The first-order valence-electron chi connectivity index (χ1n) is 5.09. The second-order valence-electron chi connectivity index (χ2n) is 4.46. The molecule has 1 aromatic rings. The van der Waals surface area contributed by atoms with Gasteiger partial charge in [-0.25, -0.2) is 4.98 Å². The van der Waals surface area contributed by atoms with Crippen LogP contribution in [0.2, 0.25) is 0 Å². The van der Waals surface area contributed by atoms with Crippen LogP contribution in [0.1, 0.15) is 25.3 Å². The molecule has 0 aliphatic heterocycles. The van der Waals surface area contributed by atoms with Crippen LogP contribution in [0.15, 0.2) is 18.3 Å². The highest BCUT2D eigenvalue weighted by atomic mass is 32.1. The molecule has 1 aromatic heterocycles. The fraction of sp³-hybridized carbons (Fsp3) is 0.455. The lowest BCUT2D eigenvalue weighted by Gasteiger charge is -2.11. The monoisotopic (exact) mass is 221 g/mol. The Kier molecular flexibility index (Phi) is 2.61. The Bertz CT molecular complexity index is 385. The molecule has 0 saturated heterocycles. The van der Waals surface area contributed by atoms with Crippen LogP contribution in [-0.4, -0.2) is 16.5 Å². The topological polar surface area (TPSA) is 50.9 Å². The quantitative estimate of drug-likeness (QED) is 0.763. The van der Waals surface area contributed by atoms with Gasteiger partial charge in [-0.05, 0) is 30.4 Å². The van der Waals surface area contributed by atoms with Gasteiger partial charge in [-0.3, -0.25) is 0 Å². The number of hydrogen-bond acceptors (Lipinski definition) is 3. The van der Waals surface area contributed by atoms with Gasteiger partial charge < -0.3 is 11.1 Å². The first-order chi connectivity index (χ1) is 7.09. The summed E-state index contributed by atoms with van der Waals surface area (Å²) in [6.45, 7) is 3.25. The zero-order chi connectivity index (χ0) is 10.9. The van der Waals surface area contributed by atoms with E-state index in [2.05, 4.69) is 17.2 Å². The smallest absolute Gasteiger partial charge is 0.126 e. The summed E-state index contributed by atoms with van der Waals surface area (Å²) in [5, 5.41) is 3.32. The third-order valence-electron chi connectivity index (χ3n) is 2.84. The van der Waals surface area contributed by atoms with Crippen molar-refractivity contribution in [2.24, 2.45) is 11.1 Å². The maximum absolute atomic E-state index is 5.55. The summed E-state index contributed by atoms with van der Waals surface area (Å²) in [5.41, 5.74) is 6.89. The van der Waals surface area contributed by atoms with Crippen molar-refractivity contribution in [3.05, 3.63) is 23.9 Å². The lowest BCUT2D eigenvalue weighted by molar-refractivity contribution is 0.609. The molecule has 2 rings (SSSR count). The van der Waals surface area contributed by atoms with E-state index < -0.39 is 0 Å². The van der Waals surface area contributed by atoms with Crippen LogP contribution in [-0.2, 0) is 0 Å². The number of anilines is 1. The molecule has 0 unspecified atom stereocenters. The number of pyridine rings is 1. The van der Waals surface area contributed by atoms with Crippen molar-refractivity contribution < 1.29 is 0 Å². The van der Waals surface area contributed by atoms with Crippen molar-refractivity contribution in [3.8, 4) is 0 Å². The molecule has 1 heterocycles. The number of nitrogens with one attached hydrogen (secondary N) is 1. The Morgan fingerprint density at radius 2 is 2.40 bits per heavy atom. The van der Waals surface area contributed by atoms with E-state index in [0.717, 1.165) is 17.9 Å². The largest absolute Gasteiger partial charge is 0.389 e. The molecule has 0 bridgehead atoms. The molecule has 4 heteroatoms. The van der Waals surface area contributed by atoms with E-state index in [1.807, 2.05) is 12.1 Å². The Hall–Kier alpha value is -1.16. The molecule has 1 aliphatic rings. The van der Waals surface area contributed by atoms with Crippen molar-refractivity contribution in [2.45, 2.75) is 19.8 Å². The molecule has 0 aromatic carbocycles. The maximum atomic E-state index is 5.55. The summed E-state index contributed by atoms with van der Waals surface area (Å²) in [6, 6.07) is 3.72. The standard InChI is InChI=1S/C11H15N3S/c1-11(3-4-11)7-14-9-6-8(10(12)15)2-5-13-9/h2,5-6H,3-4,7H2,1H3,(H2,12,15)(H,13,14). The van der Waals surface area contributed by atoms with Gasteiger partial charge in [0.25, 0.3) is 0 Å². The third kappa shape index (κ3) is 2.65. The minimum Gasteiger partial charge on any atom is -0.389 e. The normalized spacial score (nSPS) is 17.1. The van der Waals surface area contributed by atoms with E-state index >= 15 is 0 Å². The van der Waals surface area contributed by atoms with Gasteiger partial charge >= 0.3 is 0 Å². The van der Waals surface area contributed by atoms with Gasteiger partial charge in [-0.2, -0.15) is 0 Å². The molecule has 0 spiro atoms. The number of rotatable bonds is 4. The van der Waals surface area contributed by atoms with E-state index in [0.29, 0.717) is 10.4 Å². The molecule has 3 nitrogen and oxygen atoms in total. The highest BCUT2D eigenvalue weighted by Gasteiger charge is 2.36. The molecule has 0 atom stereocenters. The molecular weight excluding hydrogens is 206 g/mol. The second-order valence-corrected chi connectivity index (χ2v) is 4.90. The average molecular weight is 221 g/mol. The lowest BCUT2D eigenvalue weighted by Crippen LogP contribution is -2.14. The Labute approximate surface area is 95.1 Å². The number of aromatic nitrogens is 1. The van der Waals surface area contributed by atoms with Crippen molar-refractivity contribution in [2.75, 3.05) is 11.9 Å². The molecule has 15 heavy (non-hydrogen) atoms. The first-order valence-corrected chi connectivity index (χ1v) is 5.50. The van der Waals surface area contributed by atoms with Crippen LogP contribution in [0.4, 0.5) is 5.82 Å². The number of hydrogen-bond donors (Lipinski definition) is 2. The number of nitrogens with zero attached hydrogens (tertiary/aromatic N) is 1. The van der Waals surface area contributed by atoms with E-state index in [1.54, 1.807) is 6.20 Å². The summed E-state index contributed by atoms with van der Waals surface area (Å²) < 4.78 is 0. The van der Waals surface area contributed by atoms with Crippen LogP contribution in [0, 0.1) is 5.41 Å². The van der Waals surface area contributed by atoms with Crippen LogP contribution in [0.3, 0.4) is 0 Å². The van der Waals surface area contributed by atoms with Gasteiger partial charge in [0.15, 0.2) is 0 Å². The second kappa shape index (κ2) is 3.77. The fourth-order valence-electron chi connectivity index (χ4n) is 1.37. The van der Waals surface area contributed by atoms with Crippen LogP contribution in [0.5, 0.6) is 0 Å². The van der Waals surface area contributed by atoms with E-state index in [-0.39, 0.29) is 0 Å². The van der Waals surface area contributed by atoms with E-state index in [9.17, 15) is 0 Å². The Morgan fingerprint density at radius 3 is 3.00 bits per heavy atom. The number of nitrogens with two attached hydrogens (primary N) is 1.